The molecule has 1 heterocycles. The summed E-state index contributed by atoms with van der Waals surface area (Å²) in [4.78, 5) is 24.8. The maximum Gasteiger partial charge on any atom is 0.336 e. The number of aliphatic hydroxyl groups excluding tert-OH is 1. The van der Waals surface area contributed by atoms with Gasteiger partial charge in [-0.2, -0.15) is 0 Å². The van der Waals surface area contributed by atoms with Crippen LogP contribution in [-0.2, 0) is 19.1 Å². The largest absolute Gasteiger partial charge is 0.466 e. The van der Waals surface area contributed by atoms with Gasteiger partial charge in [0.05, 0.1) is 53.6 Å². The Labute approximate surface area is 155 Å². The lowest BCUT2D eigenvalue weighted by atomic mass is 9.80. The van der Waals surface area contributed by atoms with E-state index in [2.05, 4.69) is 5.32 Å². The summed E-state index contributed by atoms with van der Waals surface area (Å²) in [6.45, 7) is 1.19. The van der Waals surface area contributed by atoms with E-state index in [1.165, 1.54) is 14.2 Å². The fourth-order valence-corrected chi connectivity index (χ4v) is 3.22. The second-order valence-corrected chi connectivity index (χ2v) is 6.06. The highest BCUT2D eigenvalue weighted by atomic mass is 35.5. The van der Waals surface area contributed by atoms with E-state index in [1.807, 2.05) is 0 Å². The lowest BCUT2D eigenvalue weighted by Gasteiger charge is -2.31. The molecule has 2 N–H and O–H groups in total. The van der Waals surface area contributed by atoms with Crippen molar-refractivity contribution in [2.24, 2.45) is 0 Å². The normalized spacial score (nSPS) is 17.3. The number of nitrogens with one attached hydrogen (secondary N) is 1. The summed E-state index contributed by atoms with van der Waals surface area (Å²) in [5.41, 5.74) is 1.34. The molecular weight excluding hydrogens is 369 g/mol. The van der Waals surface area contributed by atoms with Crippen molar-refractivity contribution in [1.29, 1.82) is 0 Å². The number of carbonyl (C=O) groups is 2. The molecule has 0 saturated carbocycles. The zero-order chi connectivity index (χ0) is 18.7. The van der Waals surface area contributed by atoms with Gasteiger partial charge in [0, 0.05) is 5.70 Å². The van der Waals surface area contributed by atoms with E-state index in [9.17, 15) is 14.7 Å². The molecule has 1 unspecified atom stereocenters. The van der Waals surface area contributed by atoms with Crippen LogP contribution in [0.25, 0.3) is 0 Å². The van der Waals surface area contributed by atoms with Gasteiger partial charge in [-0.05, 0) is 18.6 Å². The first-order valence-corrected chi connectivity index (χ1v) is 8.05. The van der Waals surface area contributed by atoms with Crippen LogP contribution in [0.3, 0.4) is 0 Å². The molecule has 1 aliphatic heterocycles. The highest BCUT2D eigenvalue weighted by Gasteiger charge is 2.39. The minimum atomic E-state index is -0.894. The van der Waals surface area contributed by atoms with Gasteiger partial charge in [0.15, 0.2) is 0 Å². The predicted octanol–water partition coefficient (Wildman–Crippen LogP) is 2.55. The average molecular weight is 386 g/mol. The molecule has 134 valence electrons. The first-order chi connectivity index (χ1) is 11.9. The summed E-state index contributed by atoms with van der Waals surface area (Å²) >= 11 is 12.4. The van der Waals surface area contributed by atoms with E-state index < -0.39 is 24.5 Å². The molecule has 8 heteroatoms. The van der Waals surface area contributed by atoms with Gasteiger partial charge in [0.25, 0.3) is 0 Å². The van der Waals surface area contributed by atoms with Gasteiger partial charge in [-0.3, -0.25) is 0 Å². The summed E-state index contributed by atoms with van der Waals surface area (Å²) in [7, 11) is 2.45. The molecule has 1 aromatic carbocycles. The molecule has 0 spiro atoms. The van der Waals surface area contributed by atoms with E-state index in [0.717, 1.165) is 0 Å². The standard InChI is InChI=1S/C17H17Cl2NO5/c1-8-12(16(22)24-2)13(9-5-4-6-10(18)15(9)19)14(17(23)25-3)11(7-21)20-8/h4-6,13,20-21H,7H2,1-3H3. The zero-order valence-corrected chi connectivity index (χ0v) is 15.4. The Morgan fingerprint density at radius 1 is 1.16 bits per heavy atom. The van der Waals surface area contributed by atoms with E-state index in [1.54, 1.807) is 25.1 Å². The van der Waals surface area contributed by atoms with Crippen LogP contribution in [0.1, 0.15) is 18.4 Å². The van der Waals surface area contributed by atoms with Crippen molar-refractivity contribution in [2.75, 3.05) is 20.8 Å². The van der Waals surface area contributed by atoms with Gasteiger partial charge in [-0.1, -0.05) is 35.3 Å². The van der Waals surface area contributed by atoms with Crippen LogP contribution < -0.4 is 5.32 Å². The molecule has 25 heavy (non-hydrogen) atoms. The van der Waals surface area contributed by atoms with E-state index in [4.69, 9.17) is 32.7 Å². The summed E-state index contributed by atoms with van der Waals surface area (Å²) in [5.74, 6) is -2.23. The number of ether oxygens (including phenoxy) is 2. The number of methoxy groups -OCH3 is 2. The first kappa shape index (κ1) is 19.3. The van der Waals surface area contributed by atoms with Crippen molar-refractivity contribution >= 4 is 35.1 Å². The average Bonchev–Trinajstić information content (AvgIpc) is 2.61. The molecule has 0 aromatic heterocycles. The van der Waals surface area contributed by atoms with Crippen LogP contribution in [0, 0.1) is 0 Å². The maximum absolute atomic E-state index is 12.4. The molecule has 0 fully saturated rings. The minimum absolute atomic E-state index is 0.0696. The van der Waals surface area contributed by atoms with Gasteiger partial charge < -0.3 is 19.9 Å². The van der Waals surface area contributed by atoms with E-state index >= 15 is 0 Å². The van der Waals surface area contributed by atoms with Gasteiger partial charge in [-0.15, -0.1) is 0 Å². The number of aliphatic hydroxyl groups is 1. The lowest BCUT2D eigenvalue weighted by molar-refractivity contribution is -0.137. The van der Waals surface area contributed by atoms with Crippen molar-refractivity contribution in [3.8, 4) is 0 Å². The third-order valence-corrected chi connectivity index (χ3v) is 4.74. The number of esters is 2. The van der Waals surface area contributed by atoms with Crippen LogP contribution in [0.5, 0.6) is 0 Å². The monoisotopic (exact) mass is 385 g/mol. The third-order valence-electron chi connectivity index (χ3n) is 3.91. The number of benzene rings is 1. The summed E-state index contributed by atoms with van der Waals surface area (Å²) in [6.07, 6.45) is 0. The van der Waals surface area contributed by atoms with Crippen molar-refractivity contribution in [3.63, 3.8) is 0 Å². The van der Waals surface area contributed by atoms with Crippen LogP contribution in [0.4, 0.5) is 0 Å². The van der Waals surface area contributed by atoms with Crippen LogP contribution >= 0.6 is 23.2 Å². The number of allylic oxidation sites excluding steroid dienone is 1. The smallest absolute Gasteiger partial charge is 0.336 e. The van der Waals surface area contributed by atoms with E-state index in [0.29, 0.717) is 11.3 Å². The Morgan fingerprint density at radius 2 is 1.76 bits per heavy atom. The Morgan fingerprint density at radius 3 is 2.32 bits per heavy atom. The molecule has 6 nitrogen and oxygen atoms in total. The molecule has 0 radical (unpaired) electrons. The van der Waals surface area contributed by atoms with Crippen LogP contribution in [0.2, 0.25) is 10.0 Å². The topological polar surface area (TPSA) is 84.9 Å². The highest BCUT2D eigenvalue weighted by Crippen LogP contribution is 2.43. The number of hydrogen-bond donors (Lipinski definition) is 2. The quantitative estimate of drug-likeness (QED) is 0.774. The molecule has 1 aliphatic rings. The maximum atomic E-state index is 12.4. The predicted molar refractivity (Wildman–Crippen MR) is 93.2 cm³/mol. The second-order valence-electron chi connectivity index (χ2n) is 5.27. The molecular formula is C17H17Cl2NO5. The zero-order valence-electron chi connectivity index (χ0n) is 13.9. The SMILES string of the molecule is COC(=O)C1=C(C)NC(CO)=C(C(=O)OC)C1c1cccc(Cl)c1Cl. The van der Waals surface area contributed by atoms with Crippen LogP contribution in [0.15, 0.2) is 40.7 Å². The first-order valence-electron chi connectivity index (χ1n) is 7.29. The van der Waals surface area contributed by atoms with Gasteiger partial charge in [-0.25, -0.2) is 9.59 Å². The molecule has 0 amide bonds. The van der Waals surface area contributed by atoms with Gasteiger partial charge in [0.2, 0.25) is 0 Å². The number of carbonyl (C=O) groups excluding carboxylic acids is 2. The summed E-state index contributed by atoms with van der Waals surface area (Å²) < 4.78 is 9.70. The van der Waals surface area contributed by atoms with Gasteiger partial charge in [0.1, 0.15) is 0 Å². The van der Waals surface area contributed by atoms with Crippen molar-refractivity contribution in [1.82, 2.24) is 5.32 Å². The Hall–Kier alpha value is -2.02. The van der Waals surface area contributed by atoms with Gasteiger partial charge >= 0.3 is 11.9 Å². The number of halogens is 2. The molecule has 0 bridgehead atoms. The van der Waals surface area contributed by atoms with Crippen LogP contribution in [-0.4, -0.2) is 37.9 Å². The Kier molecular flexibility index (Phi) is 6.11. The fraction of sp³-hybridized carbons (Fsp3) is 0.294. The minimum Gasteiger partial charge on any atom is -0.466 e. The molecule has 0 aliphatic carbocycles. The van der Waals surface area contributed by atoms with Crippen molar-refractivity contribution in [3.05, 3.63) is 56.3 Å². The van der Waals surface area contributed by atoms with Crippen molar-refractivity contribution < 1.29 is 24.2 Å². The number of dihydropyridines is 1. The Balaban J connectivity index is 2.81. The number of rotatable bonds is 4. The molecule has 1 aromatic rings. The summed E-state index contributed by atoms with van der Waals surface area (Å²) in [5, 5.41) is 13.0. The lowest BCUT2D eigenvalue weighted by Crippen LogP contribution is -2.34. The highest BCUT2D eigenvalue weighted by molar-refractivity contribution is 6.42. The fourth-order valence-electron chi connectivity index (χ4n) is 2.81. The third kappa shape index (κ3) is 3.51. The van der Waals surface area contributed by atoms with Crippen molar-refractivity contribution in [2.45, 2.75) is 12.8 Å². The van der Waals surface area contributed by atoms with E-state index in [-0.39, 0.29) is 26.9 Å². The second kappa shape index (κ2) is 7.91. The summed E-state index contributed by atoms with van der Waals surface area (Å²) in [6, 6.07) is 4.90. The molecule has 0 saturated heterocycles. The molecule has 2 rings (SSSR count). The Bertz CT molecular complexity index is 785. The number of hydrogen-bond acceptors (Lipinski definition) is 6. The molecule has 1 atom stereocenters.